The summed E-state index contributed by atoms with van der Waals surface area (Å²) in [5.74, 6) is 0. The molecule has 0 radical (unpaired) electrons. The monoisotopic (exact) mass is 264 g/mol. The van der Waals surface area contributed by atoms with Gasteiger partial charge < -0.3 is 10.6 Å². The minimum absolute atomic E-state index is 0.818. The molecule has 0 heterocycles. The third-order valence-electron chi connectivity index (χ3n) is 2.86. The van der Waals surface area contributed by atoms with Crippen LogP contribution in [0, 0.1) is 0 Å². The van der Waals surface area contributed by atoms with Gasteiger partial charge in [0.2, 0.25) is 0 Å². The smallest absolute Gasteiger partial charge is 0.0765 e. The molecule has 1 aromatic carbocycles. The zero-order chi connectivity index (χ0) is 13.2. The molecule has 0 saturated carbocycles. The molecule has 0 spiro atoms. The fourth-order valence-electron chi connectivity index (χ4n) is 1.90. The molecule has 1 rings (SSSR count). The first-order valence-corrected chi connectivity index (χ1v) is 7.21. The number of para-hydroxylation sites is 1. The summed E-state index contributed by atoms with van der Waals surface area (Å²) in [7, 11) is 0. The van der Waals surface area contributed by atoms with E-state index in [9.17, 15) is 0 Å². The SMILES string of the molecule is CCCCCNCCc1ccccc1NC(C)=S. The zero-order valence-corrected chi connectivity index (χ0v) is 12.3. The highest BCUT2D eigenvalue weighted by Gasteiger charge is 2.01. The van der Waals surface area contributed by atoms with E-state index in [1.807, 2.05) is 13.0 Å². The lowest BCUT2D eigenvalue weighted by Gasteiger charge is -2.11. The summed E-state index contributed by atoms with van der Waals surface area (Å²) in [6.07, 6.45) is 4.91. The number of rotatable bonds is 8. The predicted octanol–water partition coefficient (Wildman–Crippen LogP) is 3.77. The van der Waals surface area contributed by atoms with Crippen molar-refractivity contribution in [1.29, 1.82) is 0 Å². The molecule has 1 aromatic rings. The maximum absolute atomic E-state index is 5.09. The van der Waals surface area contributed by atoms with Gasteiger partial charge in [0.05, 0.1) is 4.99 Å². The van der Waals surface area contributed by atoms with Gasteiger partial charge in [-0.3, -0.25) is 0 Å². The van der Waals surface area contributed by atoms with Gasteiger partial charge in [0.15, 0.2) is 0 Å². The molecule has 0 aliphatic rings. The summed E-state index contributed by atoms with van der Waals surface area (Å²) in [5, 5.41) is 6.73. The average Bonchev–Trinajstić information content (AvgIpc) is 2.35. The molecule has 0 bridgehead atoms. The van der Waals surface area contributed by atoms with Crippen LogP contribution in [-0.2, 0) is 6.42 Å². The van der Waals surface area contributed by atoms with Crippen LogP contribution in [-0.4, -0.2) is 18.1 Å². The van der Waals surface area contributed by atoms with Gasteiger partial charge in [-0.15, -0.1) is 0 Å². The molecule has 0 fully saturated rings. The van der Waals surface area contributed by atoms with Gasteiger partial charge in [-0.1, -0.05) is 50.2 Å². The maximum Gasteiger partial charge on any atom is 0.0765 e. The van der Waals surface area contributed by atoms with Gasteiger partial charge in [-0.25, -0.2) is 0 Å². The molecule has 0 aliphatic heterocycles. The number of unbranched alkanes of at least 4 members (excludes halogenated alkanes) is 2. The Hall–Kier alpha value is -0.930. The van der Waals surface area contributed by atoms with Crippen molar-refractivity contribution in [3.05, 3.63) is 29.8 Å². The first-order valence-electron chi connectivity index (χ1n) is 6.80. The lowest BCUT2D eigenvalue weighted by molar-refractivity contribution is 0.617. The van der Waals surface area contributed by atoms with Crippen molar-refractivity contribution in [2.45, 2.75) is 39.5 Å². The lowest BCUT2D eigenvalue weighted by Crippen LogP contribution is -2.19. The Morgan fingerprint density at radius 1 is 1.17 bits per heavy atom. The van der Waals surface area contributed by atoms with Crippen molar-refractivity contribution < 1.29 is 0 Å². The third kappa shape index (κ3) is 6.12. The van der Waals surface area contributed by atoms with Crippen LogP contribution in [0.15, 0.2) is 24.3 Å². The van der Waals surface area contributed by atoms with E-state index < -0.39 is 0 Å². The molecule has 2 N–H and O–H groups in total. The van der Waals surface area contributed by atoms with E-state index in [4.69, 9.17) is 12.2 Å². The molecule has 0 amide bonds. The van der Waals surface area contributed by atoms with Crippen molar-refractivity contribution in [3.8, 4) is 0 Å². The van der Waals surface area contributed by atoms with Crippen molar-refractivity contribution in [2.75, 3.05) is 18.4 Å². The molecular formula is C15H24N2S. The Labute approximate surface area is 116 Å². The fourth-order valence-corrected chi connectivity index (χ4v) is 2.01. The highest BCUT2D eigenvalue weighted by molar-refractivity contribution is 7.80. The number of hydrogen-bond donors (Lipinski definition) is 2. The van der Waals surface area contributed by atoms with Crippen molar-refractivity contribution in [2.24, 2.45) is 0 Å². The Morgan fingerprint density at radius 2 is 1.94 bits per heavy atom. The minimum Gasteiger partial charge on any atom is -0.350 e. The van der Waals surface area contributed by atoms with Crippen LogP contribution in [0.4, 0.5) is 5.69 Å². The van der Waals surface area contributed by atoms with Gasteiger partial charge in [0, 0.05) is 5.69 Å². The first kappa shape index (κ1) is 15.1. The number of anilines is 1. The van der Waals surface area contributed by atoms with E-state index in [2.05, 4.69) is 35.8 Å². The molecule has 3 heteroatoms. The highest BCUT2D eigenvalue weighted by atomic mass is 32.1. The molecule has 100 valence electrons. The van der Waals surface area contributed by atoms with E-state index >= 15 is 0 Å². The molecular weight excluding hydrogens is 240 g/mol. The molecule has 0 saturated heterocycles. The van der Waals surface area contributed by atoms with E-state index in [1.165, 1.54) is 24.8 Å². The zero-order valence-electron chi connectivity index (χ0n) is 11.5. The predicted molar refractivity (Wildman–Crippen MR) is 84.4 cm³/mol. The average molecular weight is 264 g/mol. The van der Waals surface area contributed by atoms with Crippen molar-refractivity contribution in [3.63, 3.8) is 0 Å². The van der Waals surface area contributed by atoms with E-state index in [-0.39, 0.29) is 0 Å². The van der Waals surface area contributed by atoms with Crippen LogP contribution in [0.25, 0.3) is 0 Å². The Balaban J connectivity index is 2.34. The summed E-state index contributed by atoms with van der Waals surface area (Å²) < 4.78 is 0. The Kier molecular flexibility index (Phi) is 7.62. The number of thiocarbonyl (C=S) groups is 1. The molecule has 0 aromatic heterocycles. The highest BCUT2D eigenvalue weighted by Crippen LogP contribution is 2.15. The second-order valence-corrected chi connectivity index (χ2v) is 5.16. The number of benzene rings is 1. The van der Waals surface area contributed by atoms with Gasteiger partial charge >= 0.3 is 0 Å². The van der Waals surface area contributed by atoms with Crippen LogP contribution < -0.4 is 10.6 Å². The summed E-state index contributed by atoms with van der Waals surface area (Å²) >= 11 is 5.09. The summed E-state index contributed by atoms with van der Waals surface area (Å²) in [5.41, 5.74) is 2.46. The van der Waals surface area contributed by atoms with Gasteiger partial charge in [-0.05, 0) is 44.5 Å². The topological polar surface area (TPSA) is 24.1 Å². The van der Waals surface area contributed by atoms with Crippen LogP contribution in [0.1, 0.15) is 38.7 Å². The maximum atomic E-state index is 5.09. The molecule has 18 heavy (non-hydrogen) atoms. The largest absolute Gasteiger partial charge is 0.350 e. The first-order chi connectivity index (χ1) is 8.74. The van der Waals surface area contributed by atoms with Crippen LogP contribution in [0.3, 0.4) is 0 Å². The van der Waals surface area contributed by atoms with Crippen LogP contribution in [0.5, 0.6) is 0 Å². The number of hydrogen-bond acceptors (Lipinski definition) is 2. The fraction of sp³-hybridized carbons (Fsp3) is 0.533. The Bertz CT molecular complexity index is 363. The normalized spacial score (nSPS) is 10.3. The molecule has 0 atom stereocenters. The second-order valence-electron chi connectivity index (χ2n) is 4.55. The molecule has 0 aliphatic carbocycles. The molecule has 2 nitrogen and oxygen atoms in total. The lowest BCUT2D eigenvalue weighted by atomic mass is 10.1. The second kappa shape index (κ2) is 9.06. The summed E-state index contributed by atoms with van der Waals surface area (Å²) in [6.45, 7) is 6.29. The van der Waals surface area contributed by atoms with Crippen LogP contribution in [0.2, 0.25) is 0 Å². The van der Waals surface area contributed by atoms with Crippen LogP contribution >= 0.6 is 12.2 Å². The molecule has 0 unspecified atom stereocenters. The Morgan fingerprint density at radius 3 is 2.67 bits per heavy atom. The van der Waals surface area contributed by atoms with Gasteiger partial charge in [0.1, 0.15) is 0 Å². The quantitative estimate of drug-likeness (QED) is 0.552. The van der Waals surface area contributed by atoms with E-state index in [0.29, 0.717) is 0 Å². The van der Waals surface area contributed by atoms with Gasteiger partial charge in [0.25, 0.3) is 0 Å². The summed E-state index contributed by atoms with van der Waals surface area (Å²) in [6, 6.07) is 8.37. The number of nitrogens with one attached hydrogen (secondary N) is 2. The van der Waals surface area contributed by atoms with E-state index in [1.54, 1.807) is 0 Å². The minimum atomic E-state index is 0.818. The van der Waals surface area contributed by atoms with Crippen molar-refractivity contribution >= 4 is 22.9 Å². The van der Waals surface area contributed by atoms with Crippen molar-refractivity contribution in [1.82, 2.24) is 5.32 Å². The van der Waals surface area contributed by atoms with E-state index in [0.717, 1.165) is 30.2 Å². The standard InChI is InChI=1S/C15H24N2S/c1-3-4-7-11-16-12-10-14-8-5-6-9-15(14)17-13(2)18/h5-6,8-9,16H,3-4,7,10-12H2,1-2H3,(H,17,18). The summed E-state index contributed by atoms with van der Waals surface area (Å²) in [4.78, 5) is 0.818. The van der Waals surface area contributed by atoms with Gasteiger partial charge in [-0.2, -0.15) is 0 Å². The third-order valence-corrected chi connectivity index (χ3v) is 2.96.